The summed E-state index contributed by atoms with van der Waals surface area (Å²) in [7, 11) is 2.00. The number of aryl methyl sites for hydroxylation is 1. The predicted molar refractivity (Wildman–Crippen MR) is 83.9 cm³/mol. The number of furan rings is 1. The number of halogens is 1. The Balaban J connectivity index is 1.98. The lowest BCUT2D eigenvalue weighted by Gasteiger charge is -2.24. The van der Waals surface area contributed by atoms with Crippen LogP contribution in [0.2, 0.25) is 0 Å². The van der Waals surface area contributed by atoms with Gasteiger partial charge in [-0.15, -0.1) is 0 Å². The molecular weight excluding hydrogens is 265 g/mol. The maximum Gasteiger partial charge on any atom is 0.134 e. The summed E-state index contributed by atoms with van der Waals surface area (Å²) < 4.78 is 19.5. The quantitative estimate of drug-likeness (QED) is 0.794. The molecule has 1 unspecified atom stereocenters. The smallest absolute Gasteiger partial charge is 0.134 e. The third-order valence-corrected chi connectivity index (χ3v) is 4.90. The highest BCUT2D eigenvalue weighted by Crippen LogP contribution is 2.38. The van der Waals surface area contributed by atoms with E-state index in [1.807, 2.05) is 14.0 Å². The molecule has 1 aromatic heterocycles. The van der Waals surface area contributed by atoms with Gasteiger partial charge in [0, 0.05) is 10.9 Å². The first-order valence-electron chi connectivity index (χ1n) is 8.06. The molecule has 0 saturated heterocycles. The van der Waals surface area contributed by atoms with Crippen LogP contribution in [0.3, 0.4) is 0 Å². The Labute approximate surface area is 125 Å². The summed E-state index contributed by atoms with van der Waals surface area (Å²) in [5, 5.41) is 4.35. The van der Waals surface area contributed by atoms with E-state index in [4.69, 9.17) is 4.42 Å². The van der Waals surface area contributed by atoms with E-state index in [9.17, 15) is 4.39 Å². The van der Waals surface area contributed by atoms with E-state index in [1.165, 1.54) is 44.6 Å². The summed E-state index contributed by atoms with van der Waals surface area (Å²) in [5.41, 5.74) is 1.87. The molecule has 0 radical (unpaired) electrons. The van der Waals surface area contributed by atoms with Crippen LogP contribution in [0.25, 0.3) is 11.0 Å². The highest BCUT2D eigenvalue weighted by Gasteiger charge is 2.27. The summed E-state index contributed by atoms with van der Waals surface area (Å²) in [5.74, 6) is 1.40. The van der Waals surface area contributed by atoms with Crippen LogP contribution in [-0.4, -0.2) is 7.05 Å². The maximum atomic E-state index is 13.5. The molecule has 0 bridgehead atoms. The van der Waals surface area contributed by atoms with Crippen LogP contribution in [0.1, 0.15) is 55.9 Å². The molecule has 1 aromatic carbocycles. The van der Waals surface area contributed by atoms with E-state index in [-0.39, 0.29) is 11.9 Å². The SMILES string of the molecule is CNC(c1oc2ccc(F)cc2c1C)C1CCCCCC1. The number of rotatable bonds is 3. The molecule has 2 nitrogen and oxygen atoms in total. The summed E-state index contributed by atoms with van der Waals surface area (Å²) in [4.78, 5) is 0. The van der Waals surface area contributed by atoms with E-state index >= 15 is 0 Å². The summed E-state index contributed by atoms with van der Waals surface area (Å²) in [6.45, 7) is 2.04. The Morgan fingerprint density at radius 3 is 2.57 bits per heavy atom. The largest absolute Gasteiger partial charge is 0.459 e. The second-order valence-electron chi connectivity index (χ2n) is 6.25. The number of hydrogen-bond acceptors (Lipinski definition) is 2. The average Bonchev–Trinajstić information content (AvgIpc) is 2.69. The zero-order valence-corrected chi connectivity index (χ0v) is 12.9. The van der Waals surface area contributed by atoms with Gasteiger partial charge in [-0.1, -0.05) is 25.7 Å². The van der Waals surface area contributed by atoms with Gasteiger partial charge in [0.25, 0.3) is 0 Å². The molecule has 21 heavy (non-hydrogen) atoms. The van der Waals surface area contributed by atoms with Gasteiger partial charge in [-0.3, -0.25) is 0 Å². The van der Waals surface area contributed by atoms with E-state index in [0.717, 1.165) is 22.3 Å². The molecule has 1 heterocycles. The van der Waals surface area contributed by atoms with Gasteiger partial charge in [-0.2, -0.15) is 0 Å². The molecule has 1 fully saturated rings. The molecule has 2 aromatic rings. The summed E-state index contributed by atoms with van der Waals surface area (Å²) in [6.07, 6.45) is 7.79. The van der Waals surface area contributed by atoms with Crippen molar-refractivity contribution in [3.63, 3.8) is 0 Å². The standard InChI is InChI=1S/C18H24FNO/c1-12-15-11-14(19)9-10-16(15)21-18(12)17(20-2)13-7-5-3-4-6-8-13/h9-11,13,17,20H,3-8H2,1-2H3. The second-order valence-corrected chi connectivity index (χ2v) is 6.25. The first-order chi connectivity index (χ1) is 10.2. The Bertz CT molecular complexity index is 611. The van der Waals surface area contributed by atoms with Gasteiger partial charge in [0.2, 0.25) is 0 Å². The van der Waals surface area contributed by atoms with Gasteiger partial charge < -0.3 is 9.73 Å². The first-order valence-corrected chi connectivity index (χ1v) is 8.06. The number of hydrogen-bond donors (Lipinski definition) is 1. The van der Waals surface area contributed by atoms with Crippen LogP contribution in [0.5, 0.6) is 0 Å². The second kappa shape index (κ2) is 6.18. The molecule has 114 valence electrons. The Kier molecular flexibility index (Phi) is 4.29. The van der Waals surface area contributed by atoms with E-state index in [0.29, 0.717) is 5.92 Å². The van der Waals surface area contributed by atoms with Crippen LogP contribution in [0.15, 0.2) is 22.6 Å². The van der Waals surface area contributed by atoms with Gasteiger partial charge in [-0.05, 0) is 50.9 Å². The highest BCUT2D eigenvalue weighted by atomic mass is 19.1. The molecule has 1 aliphatic rings. The molecule has 0 aliphatic heterocycles. The molecule has 1 N–H and O–H groups in total. The van der Waals surface area contributed by atoms with Crippen molar-refractivity contribution in [2.45, 2.75) is 51.5 Å². The molecule has 0 amide bonds. The summed E-state index contributed by atoms with van der Waals surface area (Å²) >= 11 is 0. The average molecular weight is 289 g/mol. The lowest BCUT2D eigenvalue weighted by Crippen LogP contribution is -2.25. The van der Waals surface area contributed by atoms with Gasteiger partial charge in [-0.25, -0.2) is 4.39 Å². The zero-order chi connectivity index (χ0) is 14.8. The molecule has 1 saturated carbocycles. The predicted octanol–water partition coefficient (Wildman–Crippen LogP) is 5.11. The Morgan fingerprint density at radius 1 is 1.19 bits per heavy atom. The molecule has 1 aliphatic carbocycles. The minimum atomic E-state index is -0.201. The third kappa shape index (κ3) is 2.84. The van der Waals surface area contributed by atoms with Crippen LogP contribution < -0.4 is 5.32 Å². The van der Waals surface area contributed by atoms with E-state index in [1.54, 1.807) is 12.1 Å². The molecule has 3 rings (SSSR count). The number of fused-ring (bicyclic) bond motifs is 1. The van der Waals surface area contributed by atoms with Gasteiger partial charge in [0.1, 0.15) is 17.2 Å². The fraction of sp³-hybridized carbons (Fsp3) is 0.556. The Hall–Kier alpha value is -1.35. The van der Waals surface area contributed by atoms with Crippen molar-refractivity contribution in [1.29, 1.82) is 0 Å². The van der Waals surface area contributed by atoms with Crippen LogP contribution in [0.4, 0.5) is 4.39 Å². The van der Waals surface area contributed by atoms with Crippen LogP contribution in [0, 0.1) is 18.7 Å². The number of nitrogens with one attached hydrogen (secondary N) is 1. The maximum absolute atomic E-state index is 13.5. The molecular formula is C18H24FNO. The fourth-order valence-corrected chi connectivity index (χ4v) is 3.73. The minimum Gasteiger partial charge on any atom is -0.459 e. The molecule has 0 spiro atoms. The lowest BCUT2D eigenvalue weighted by molar-refractivity contribution is 0.301. The van der Waals surface area contributed by atoms with Crippen molar-refractivity contribution in [2.24, 2.45) is 5.92 Å². The van der Waals surface area contributed by atoms with Crippen molar-refractivity contribution in [3.05, 3.63) is 35.3 Å². The van der Waals surface area contributed by atoms with Crippen molar-refractivity contribution in [3.8, 4) is 0 Å². The Morgan fingerprint density at radius 2 is 1.90 bits per heavy atom. The van der Waals surface area contributed by atoms with E-state index < -0.39 is 0 Å². The van der Waals surface area contributed by atoms with Gasteiger partial charge >= 0.3 is 0 Å². The van der Waals surface area contributed by atoms with Crippen molar-refractivity contribution >= 4 is 11.0 Å². The van der Waals surface area contributed by atoms with Crippen molar-refractivity contribution in [2.75, 3.05) is 7.05 Å². The van der Waals surface area contributed by atoms with Gasteiger partial charge in [0.15, 0.2) is 0 Å². The number of benzene rings is 1. The van der Waals surface area contributed by atoms with Gasteiger partial charge in [0.05, 0.1) is 6.04 Å². The summed E-state index contributed by atoms with van der Waals surface area (Å²) in [6, 6.07) is 5.02. The monoisotopic (exact) mass is 289 g/mol. The zero-order valence-electron chi connectivity index (χ0n) is 12.9. The van der Waals surface area contributed by atoms with Crippen LogP contribution in [-0.2, 0) is 0 Å². The normalized spacial score (nSPS) is 18.8. The molecule has 1 atom stereocenters. The third-order valence-electron chi connectivity index (χ3n) is 4.90. The minimum absolute atomic E-state index is 0.201. The topological polar surface area (TPSA) is 25.2 Å². The van der Waals surface area contributed by atoms with E-state index in [2.05, 4.69) is 5.32 Å². The first kappa shape index (κ1) is 14.6. The lowest BCUT2D eigenvalue weighted by atomic mass is 9.89. The fourth-order valence-electron chi connectivity index (χ4n) is 3.73. The highest BCUT2D eigenvalue weighted by molar-refractivity contribution is 5.82. The van der Waals surface area contributed by atoms with Crippen LogP contribution >= 0.6 is 0 Å². The van der Waals surface area contributed by atoms with Crippen molar-refractivity contribution in [1.82, 2.24) is 5.32 Å². The van der Waals surface area contributed by atoms with Crippen molar-refractivity contribution < 1.29 is 8.81 Å². The molecule has 3 heteroatoms.